The summed E-state index contributed by atoms with van der Waals surface area (Å²) in [5.74, 6) is -0.944. The first-order valence-corrected chi connectivity index (χ1v) is 10.3. The third kappa shape index (κ3) is 5.70. The van der Waals surface area contributed by atoms with E-state index in [-0.39, 0.29) is 24.1 Å². The number of aliphatic imine (C=N–C) groups is 1. The highest BCUT2D eigenvalue weighted by Gasteiger charge is 2.22. The predicted octanol–water partition coefficient (Wildman–Crippen LogP) is 4.88. The van der Waals surface area contributed by atoms with Gasteiger partial charge in [0.05, 0.1) is 35.2 Å². The van der Waals surface area contributed by atoms with E-state index in [0.29, 0.717) is 28.5 Å². The van der Waals surface area contributed by atoms with Crippen molar-refractivity contribution in [1.29, 1.82) is 0 Å². The summed E-state index contributed by atoms with van der Waals surface area (Å²) in [5, 5.41) is 6.20. The van der Waals surface area contributed by atoms with Gasteiger partial charge in [0.1, 0.15) is 5.82 Å². The Labute approximate surface area is 178 Å². The average Bonchev–Trinajstić information content (AvgIpc) is 2.91. The third-order valence-corrected chi connectivity index (χ3v) is 5.61. The summed E-state index contributed by atoms with van der Waals surface area (Å²) in [6, 6.07) is 13.1. The summed E-state index contributed by atoms with van der Waals surface area (Å²) in [7, 11) is 1.34. The normalized spacial score (nSPS) is 13.7. The van der Waals surface area contributed by atoms with E-state index in [1.54, 1.807) is 6.08 Å². The fraction of sp³-hybridized carbons (Fsp3) is 0.227. The Morgan fingerprint density at radius 3 is 2.63 bits per heavy atom. The second-order valence-electron chi connectivity index (χ2n) is 6.53. The minimum atomic E-state index is -0.422. The summed E-state index contributed by atoms with van der Waals surface area (Å²) < 4.78 is 17.9. The summed E-state index contributed by atoms with van der Waals surface area (Å²) >= 11 is 1.31. The molecule has 2 aromatic rings. The van der Waals surface area contributed by atoms with Crippen molar-refractivity contribution in [2.24, 2.45) is 4.99 Å². The Balaban J connectivity index is 1.81. The van der Waals surface area contributed by atoms with Crippen LogP contribution < -0.4 is 10.6 Å². The van der Waals surface area contributed by atoms with Crippen LogP contribution in [0.3, 0.4) is 0 Å². The average molecular weight is 428 g/mol. The number of thioether (sulfide) groups is 1. The molecule has 1 aliphatic rings. The van der Waals surface area contributed by atoms with Crippen molar-refractivity contribution in [2.45, 2.75) is 25.0 Å². The van der Waals surface area contributed by atoms with E-state index in [2.05, 4.69) is 15.6 Å². The number of para-hydroxylation sites is 2. The van der Waals surface area contributed by atoms with Crippen LogP contribution in [0.25, 0.3) is 0 Å². The van der Waals surface area contributed by atoms with Crippen molar-refractivity contribution >= 4 is 45.7 Å². The first kappa shape index (κ1) is 21.6. The maximum absolute atomic E-state index is 13.1. The van der Waals surface area contributed by atoms with Crippen LogP contribution in [0, 0.1) is 5.82 Å². The number of fused-ring (bicyclic) bond motifs is 1. The van der Waals surface area contributed by atoms with Crippen molar-refractivity contribution in [3.8, 4) is 0 Å². The molecule has 1 atom stereocenters. The molecule has 0 radical (unpaired) electrons. The van der Waals surface area contributed by atoms with Gasteiger partial charge in [0.15, 0.2) is 0 Å². The van der Waals surface area contributed by atoms with Crippen LogP contribution in [0.2, 0.25) is 0 Å². The van der Waals surface area contributed by atoms with Crippen molar-refractivity contribution < 1.29 is 18.7 Å². The molecule has 2 aromatic carbocycles. The molecule has 0 unspecified atom stereocenters. The SMILES string of the molecule is CC[C@@H](SC1=Nc2ccccc2NC(CC(=O)OC)=C1)C(=O)Nc1ccc(F)cc1. The monoisotopic (exact) mass is 427 g/mol. The van der Waals surface area contributed by atoms with Crippen LogP contribution in [-0.2, 0) is 14.3 Å². The largest absolute Gasteiger partial charge is 0.469 e. The molecule has 0 bridgehead atoms. The van der Waals surface area contributed by atoms with Gasteiger partial charge in [-0.05, 0) is 48.9 Å². The van der Waals surface area contributed by atoms with Crippen LogP contribution in [0.4, 0.5) is 21.5 Å². The highest BCUT2D eigenvalue weighted by molar-refractivity contribution is 8.15. The number of nitrogens with one attached hydrogen (secondary N) is 2. The summed E-state index contributed by atoms with van der Waals surface area (Å²) in [5.41, 5.74) is 2.64. The van der Waals surface area contributed by atoms with Crippen molar-refractivity contribution in [3.63, 3.8) is 0 Å². The van der Waals surface area contributed by atoms with E-state index in [1.165, 1.54) is 43.1 Å². The van der Waals surface area contributed by atoms with E-state index in [1.807, 2.05) is 31.2 Å². The minimum absolute atomic E-state index is 0.0585. The first-order chi connectivity index (χ1) is 14.5. The van der Waals surface area contributed by atoms with Crippen molar-refractivity contribution in [3.05, 3.63) is 66.1 Å². The Hall–Kier alpha value is -3.13. The van der Waals surface area contributed by atoms with Gasteiger partial charge < -0.3 is 15.4 Å². The van der Waals surface area contributed by atoms with Crippen LogP contribution in [0.15, 0.2) is 65.3 Å². The molecule has 1 aliphatic heterocycles. The van der Waals surface area contributed by atoms with Gasteiger partial charge in [-0.3, -0.25) is 9.59 Å². The number of nitrogens with zero attached hydrogens (tertiary/aromatic N) is 1. The van der Waals surface area contributed by atoms with Gasteiger partial charge in [0.2, 0.25) is 5.91 Å². The van der Waals surface area contributed by atoms with Crippen LogP contribution >= 0.6 is 11.8 Å². The number of halogens is 1. The molecule has 2 N–H and O–H groups in total. The molecule has 0 spiro atoms. The number of carbonyl (C=O) groups is 2. The van der Waals surface area contributed by atoms with Gasteiger partial charge in [0.25, 0.3) is 0 Å². The van der Waals surface area contributed by atoms with E-state index in [9.17, 15) is 14.0 Å². The smallest absolute Gasteiger partial charge is 0.311 e. The lowest BCUT2D eigenvalue weighted by Crippen LogP contribution is -2.25. The molecule has 30 heavy (non-hydrogen) atoms. The lowest BCUT2D eigenvalue weighted by atomic mass is 10.2. The number of carbonyl (C=O) groups excluding carboxylic acids is 2. The number of amides is 1. The molecular formula is C22H22FN3O3S. The van der Waals surface area contributed by atoms with Gasteiger partial charge in [-0.1, -0.05) is 30.8 Å². The van der Waals surface area contributed by atoms with E-state index < -0.39 is 5.25 Å². The van der Waals surface area contributed by atoms with Crippen LogP contribution in [0.1, 0.15) is 19.8 Å². The zero-order valence-electron chi connectivity index (χ0n) is 16.6. The molecule has 156 valence electrons. The predicted molar refractivity (Wildman–Crippen MR) is 119 cm³/mol. The van der Waals surface area contributed by atoms with Gasteiger partial charge in [-0.25, -0.2) is 9.38 Å². The quantitative estimate of drug-likeness (QED) is 0.643. The summed E-state index contributed by atoms with van der Waals surface area (Å²) in [6.45, 7) is 1.91. The van der Waals surface area contributed by atoms with Crippen molar-refractivity contribution in [1.82, 2.24) is 0 Å². The van der Waals surface area contributed by atoms with E-state index >= 15 is 0 Å². The number of benzene rings is 2. The van der Waals surface area contributed by atoms with E-state index in [4.69, 9.17) is 4.74 Å². The molecule has 0 fully saturated rings. The maximum Gasteiger partial charge on any atom is 0.311 e. The molecule has 0 aliphatic carbocycles. The minimum Gasteiger partial charge on any atom is -0.469 e. The zero-order valence-corrected chi connectivity index (χ0v) is 17.5. The third-order valence-electron chi connectivity index (χ3n) is 4.33. The molecule has 0 saturated heterocycles. The number of esters is 1. The molecule has 3 rings (SSSR count). The molecule has 8 heteroatoms. The number of hydrogen-bond acceptors (Lipinski definition) is 6. The number of methoxy groups -OCH3 is 1. The molecular weight excluding hydrogens is 405 g/mol. The highest BCUT2D eigenvalue weighted by atomic mass is 32.2. The van der Waals surface area contributed by atoms with E-state index in [0.717, 1.165) is 5.69 Å². The van der Waals surface area contributed by atoms with Crippen LogP contribution in [0.5, 0.6) is 0 Å². The number of hydrogen-bond donors (Lipinski definition) is 2. The Morgan fingerprint density at radius 1 is 1.20 bits per heavy atom. The number of ether oxygens (including phenoxy) is 1. The Morgan fingerprint density at radius 2 is 1.93 bits per heavy atom. The Bertz CT molecular complexity index is 989. The fourth-order valence-electron chi connectivity index (χ4n) is 2.79. The van der Waals surface area contributed by atoms with Crippen molar-refractivity contribution in [2.75, 3.05) is 17.7 Å². The summed E-state index contributed by atoms with van der Waals surface area (Å²) in [4.78, 5) is 29.2. The van der Waals surface area contributed by atoms with Gasteiger partial charge in [-0.2, -0.15) is 0 Å². The molecule has 0 aromatic heterocycles. The number of rotatable bonds is 6. The topological polar surface area (TPSA) is 79.8 Å². The van der Waals surface area contributed by atoms with Crippen LogP contribution in [-0.4, -0.2) is 29.3 Å². The molecule has 6 nitrogen and oxygen atoms in total. The zero-order chi connectivity index (χ0) is 21.5. The van der Waals surface area contributed by atoms with Gasteiger partial charge in [0, 0.05) is 11.4 Å². The van der Waals surface area contributed by atoms with Gasteiger partial charge >= 0.3 is 5.97 Å². The maximum atomic E-state index is 13.1. The second-order valence-corrected chi connectivity index (χ2v) is 7.75. The second kappa shape index (κ2) is 10.1. The fourth-order valence-corrected chi connectivity index (χ4v) is 3.78. The number of anilines is 2. The molecule has 0 saturated carbocycles. The molecule has 1 heterocycles. The first-order valence-electron chi connectivity index (χ1n) is 9.43. The lowest BCUT2D eigenvalue weighted by Gasteiger charge is -2.15. The standard InChI is InChI=1S/C22H22FN3O3S/c1-3-19(22(28)25-15-10-8-14(23)9-11-15)30-20-12-16(13-21(27)29-2)24-17-6-4-5-7-18(17)26-20/h4-12,19,24H,3,13H2,1-2H3,(H,25,28)/t19-/m1/s1. The lowest BCUT2D eigenvalue weighted by molar-refractivity contribution is -0.139. The van der Waals surface area contributed by atoms with Gasteiger partial charge in [-0.15, -0.1) is 0 Å². The Kier molecular flexibility index (Phi) is 7.24. The molecule has 1 amide bonds. The highest BCUT2D eigenvalue weighted by Crippen LogP contribution is 2.32. The summed E-state index contributed by atoms with van der Waals surface area (Å²) in [6.07, 6.45) is 2.38.